The average Bonchev–Trinajstić information content (AvgIpc) is 3.36. The Morgan fingerprint density at radius 3 is 3.03 bits per heavy atom. The predicted molar refractivity (Wildman–Crippen MR) is 132 cm³/mol. The molecule has 0 bridgehead atoms. The van der Waals surface area contributed by atoms with E-state index in [9.17, 15) is 19.4 Å². The normalized spacial score (nSPS) is 19.9. The fourth-order valence-electron chi connectivity index (χ4n) is 4.34. The molecule has 2 aromatic heterocycles. The van der Waals surface area contributed by atoms with E-state index >= 15 is 0 Å². The zero-order chi connectivity index (χ0) is 24.1. The monoisotopic (exact) mass is 505 g/mol. The summed E-state index contributed by atoms with van der Waals surface area (Å²) in [6.07, 6.45) is 0.577. The molecule has 0 saturated carbocycles. The van der Waals surface area contributed by atoms with Crippen LogP contribution in [0, 0.1) is 11.7 Å². The first-order valence-electron chi connectivity index (χ1n) is 11.1. The summed E-state index contributed by atoms with van der Waals surface area (Å²) in [6, 6.07) is 8.89. The number of hydrogen-bond donors (Lipinski definition) is 3. The SMILES string of the molecule is COc1ccc2ncc(F)c(C(O)CNC3CCN(CCSc4cccs4)CC3C(=O)O)c2c1. The second-order valence-electron chi connectivity index (χ2n) is 8.25. The summed E-state index contributed by atoms with van der Waals surface area (Å²) in [5.74, 6) is -0.638. The van der Waals surface area contributed by atoms with Crippen molar-refractivity contribution in [2.75, 3.05) is 39.0 Å². The summed E-state index contributed by atoms with van der Waals surface area (Å²) in [7, 11) is 1.52. The molecule has 10 heteroatoms. The quantitative estimate of drug-likeness (QED) is 0.360. The third kappa shape index (κ3) is 5.87. The smallest absolute Gasteiger partial charge is 0.309 e. The molecule has 0 aliphatic carbocycles. The number of benzene rings is 1. The van der Waals surface area contributed by atoms with Gasteiger partial charge in [0.05, 0.1) is 35.1 Å². The van der Waals surface area contributed by atoms with Gasteiger partial charge in [0.15, 0.2) is 0 Å². The zero-order valence-corrected chi connectivity index (χ0v) is 20.4. The van der Waals surface area contributed by atoms with Gasteiger partial charge in [-0.15, -0.1) is 23.1 Å². The molecule has 3 aromatic rings. The number of halogens is 1. The molecule has 1 aliphatic rings. The average molecular weight is 506 g/mol. The molecule has 4 rings (SSSR count). The van der Waals surface area contributed by atoms with Crippen molar-refractivity contribution in [1.82, 2.24) is 15.2 Å². The highest BCUT2D eigenvalue weighted by atomic mass is 32.2. The lowest BCUT2D eigenvalue weighted by atomic mass is 9.91. The minimum absolute atomic E-state index is 0.0376. The van der Waals surface area contributed by atoms with E-state index in [0.717, 1.165) is 25.0 Å². The number of nitrogens with zero attached hydrogens (tertiary/aromatic N) is 2. The Kier molecular flexibility index (Phi) is 8.38. The molecule has 3 N–H and O–H groups in total. The number of thioether (sulfide) groups is 1. The maximum atomic E-state index is 14.7. The lowest BCUT2D eigenvalue weighted by Gasteiger charge is -2.37. The Bertz CT molecular complexity index is 1120. The molecule has 1 fully saturated rings. The van der Waals surface area contributed by atoms with Crippen LogP contribution in [-0.2, 0) is 4.79 Å². The van der Waals surface area contributed by atoms with Crippen LogP contribution in [0.1, 0.15) is 18.1 Å². The van der Waals surface area contributed by atoms with E-state index in [1.165, 1.54) is 11.3 Å². The standard InChI is InChI=1S/C24H28FN3O4S2/c1-32-15-4-5-19-16(11-15)23(18(25)12-26-19)21(29)13-27-20-6-7-28(14-17(20)24(30)31)8-10-34-22-3-2-9-33-22/h2-5,9,11-12,17,20-21,27,29H,6-8,10,13-14H2,1H3,(H,30,31). The second-order valence-corrected chi connectivity index (χ2v) is 10.6. The molecule has 34 heavy (non-hydrogen) atoms. The number of aliphatic carboxylic acids is 1. The van der Waals surface area contributed by atoms with Gasteiger partial charge in [-0.2, -0.15) is 0 Å². The van der Waals surface area contributed by atoms with E-state index in [4.69, 9.17) is 4.74 Å². The molecule has 0 radical (unpaired) electrons. The number of carbonyl (C=O) groups is 1. The number of pyridine rings is 1. The molecule has 1 saturated heterocycles. The number of fused-ring (bicyclic) bond motifs is 1. The van der Waals surface area contributed by atoms with Crippen LogP contribution < -0.4 is 10.1 Å². The lowest BCUT2D eigenvalue weighted by Crippen LogP contribution is -2.53. The van der Waals surface area contributed by atoms with E-state index in [-0.39, 0.29) is 18.2 Å². The van der Waals surface area contributed by atoms with Crippen molar-refractivity contribution in [1.29, 1.82) is 0 Å². The molecular weight excluding hydrogens is 477 g/mol. The van der Waals surface area contributed by atoms with Gasteiger partial charge < -0.3 is 25.2 Å². The Morgan fingerprint density at radius 2 is 2.29 bits per heavy atom. The van der Waals surface area contributed by atoms with Gasteiger partial charge in [-0.3, -0.25) is 9.78 Å². The first kappa shape index (κ1) is 24.9. The van der Waals surface area contributed by atoms with Gasteiger partial charge in [0.1, 0.15) is 11.6 Å². The van der Waals surface area contributed by atoms with Crippen LogP contribution >= 0.6 is 23.1 Å². The van der Waals surface area contributed by atoms with Gasteiger partial charge in [0.2, 0.25) is 0 Å². The number of aliphatic hydroxyl groups is 1. The van der Waals surface area contributed by atoms with E-state index in [0.29, 0.717) is 29.6 Å². The number of thiophene rings is 1. The van der Waals surface area contributed by atoms with Crippen molar-refractivity contribution in [3.63, 3.8) is 0 Å². The van der Waals surface area contributed by atoms with E-state index in [1.54, 1.807) is 41.3 Å². The number of carboxylic acids is 1. The highest BCUT2D eigenvalue weighted by molar-refractivity contribution is 8.01. The van der Waals surface area contributed by atoms with Crippen molar-refractivity contribution in [2.24, 2.45) is 5.92 Å². The van der Waals surface area contributed by atoms with E-state index < -0.39 is 23.8 Å². The van der Waals surface area contributed by atoms with Gasteiger partial charge in [-0.1, -0.05) is 6.07 Å². The van der Waals surface area contributed by atoms with Crippen molar-refractivity contribution in [2.45, 2.75) is 22.8 Å². The first-order chi connectivity index (χ1) is 16.5. The number of piperidine rings is 1. The molecule has 1 aliphatic heterocycles. The number of nitrogens with one attached hydrogen (secondary N) is 1. The summed E-state index contributed by atoms with van der Waals surface area (Å²) in [5, 5.41) is 26.4. The molecule has 3 unspecified atom stereocenters. The molecule has 3 atom stereocenters. The highest BCUT2D eigenvalue weighted by Gasteiger charge is 2.34. The summed E-state index contributed by atoms with van der Waals surface area (Å²) in [4.78, 5) is 18.2. The summed E-state index contributed by atoms with van der Waals surface area (Å²) in [5.41, 5.74) is 0.680. The lowest BCUT2D eigenvalue weighted by molar-refractivity contribution is -0.144. The molecule has 3 heterocycles. The number of hydrogen-bond acceptors (Lipinski definition) is 8. The van der Waals surface area contributed by atoms with Gasteiger partial charge in [0, 0.05) is 42.4 Å². The molecule has 7 nitrogen and oxygen atoms in total. The topological polar surface area (TPSA) is 94.9 Å². The second kappa shape index (κ2) is 11.5. The predicted octanol–water partition coefficient (Wildman–Crippen LogP) is 3.63. The van der Waals surface area contributed by atoms with Crippen molar-refractivity contribution < 1.29 is 24.1 Å². The largest absolute Gasteiger partial charge is 0.497 e. The number of methoxy groups -OCH3 is 1. The number of aliphatic hydroxyl groups excluding tert-OH is 1. The Balaban J connectivity index is 1.38. The van der Waals surface area contributed by atoms with Crippen molar-refractivity contribution in [3.05, 3.63) is 53.3 Å². The van der Waals surface area contributed by atoms with Crippen LogP contribution in [0.15, 0.2) is 46.1 Å². The van der Waals surface area contributed by atoms with Crippen LogP contribution in [0.5, 0.6) is 5.75 Å². The van der Waals surface area contributed by atoms with Crippen molar-refractivity contribution in [3.8, 4) is 5.75 Å². The fourth-order valence-corrected chi connectivity index (χ4v) is 6.20. The summed E-state index contributed by atoms with van der Waals surface area (Å²) in [6.45, 7) is 2.07. The van der Waals surface area contributed by atoms with Crippen LogP contribution in [0.4, 0.5) is 4.39 Å². The van der Waals surface area contributed by atoms with Gasteiger partial charge >= 0.3 is 5.97 Å². The van der Waals surface area contributed by atoms with Crippen LogP contribution in [0.25, 0.3) is 10.9 Å². The van der Waals surface area contributed by atoms with E-state index in [2.05, 4.69) is 21.3 Å². The third-order valence-corrected chi connectivity index (χ3v) is 8.25. The molecule has 1 aromatic carbocycles. The maximum Gasteiger partial charge on any atom is 0.309 e. The van der Waals surface area contributed by atoms with Crippen LogP contribution in [-0.4, -0.2) is 71.1 Å². The first-order valence-corrected chi connectivity index (χ1v) is 13.0. The number of rotatable bonds is 10. The van der Waals surface area contributed by atoms with Crippen LogP contribution in [0.2, 0.25) is 0 Å². The zero-order valence-electron chi connectivity index (χ0n) is 18.8. The van der Waals surface area contributed by atoms with E-state index in [1.807, 2.05) is 11.4 Å². The number of carboxylic acid groups (broad SMARTS) is 1. The Morgan fingerprint density at radius 1 is 1.44 bits per heavy atom. The Labute approximate surface area is 206 Å². The highest BCUT2D eigenvalue weighted by Crippen LogP contribution is 2.29. The van der Waals surface area contributed by atoms with Gasteiger partial charge in [-0.05, 0) is 42.6 Å². The molecule has 0 amide bonds. The minimum atomic E-state index is -1.16. The fraction of sp³-hybridized carbons (Fsp3) is 0.417. The van der Waals surface area contributed by atoms with Gasteiger partial charge in [-0.25, -0.2) is 4.39 Å². The van der Waals surface area contributed by atoms with Gasteiger partial charge in [0.25, 0.3) is 0 Å². The number of ether oxygens (including phenoxy) is 1. The minimum Gasteiger partial charge on any atom is -0.497 e. The third-order valence-electron chi connectivity index (χ3n) is 6.14. The molecule has 0 spiro atoms. The van der Waals surface area contributed by atoms with Crippen molar-refractivity contribution >= 4 is 40.0 Å². The summed E-state index contributed by atoms with van der Waals surface area (Å²) >= 11 is 3.48. The number of likely N-dealkylation sites (tertiary alicyclic amines) is 1. The Hall–Kier alpha value is -2.24. The number of aromatic nitrogens is 1. The maximum absolute atomic E-state index is 14.7. The van der Waals surface area contributed by atoms with Crippen LogP contribution in [0.3, 0.4) is 0 Å². The molecule has 182 valence electrons. The summed E-state index contributed by atoms with van der Waals surface area (Å²) < 4.78 is 21.1. The molecular formula is C24H28FN3O4S2.